The lowest BCUT2D eigenvalue weighted by atomic mass is 10.1. The van der Waals surface area contributed by atoms with Crippen molar-refractivity contribution in [2.24, 2.45) is 0 Å². The highest BCUT2D eigenvalue weighted by Crippen LogP contribution is 2.54. The second-order valence-electron chi connectivity index (χ2n) is 6.95. The molecule has 0 unspecified atom stereocenters. The second-order valence-corrected chi connectivity index (χ2v) is 10.3. The summed E-state index contributed by atoms with van der Waals surface area (Å²) in [5.41, 5.74) is -1.04. The number of hydrogen-bond donors (Lipinski definition) is 1. The molecule has 0 spiro atoms. The van der Waals surface area contributed by atoms with Crippen molar-refractivity contribution >= 4 is 12.6 Å². The number of benzene rings is 2. The molecule has 0 radical (unpaired) electrons. The summed E-state index contributed by atoms with van der Waals surface area (Å²) in [6.07, 6.45) is 0. The van der Waals surface area contributed by atoms with Gasteiger partial charge in [-0.3, -0.25) is 5.09 Å². The van der Waals surface area contributed by atoms with Crippen LogP contribution < -0.4 is 10.4 Å². The zero-order valence-corrected chi connectivity index (χ0v) is 15.6. The summed E-state index contributed by atoms with van der Waals surface area (Å²) >= 11 is 0. The number of rotatable bonds is 4. The van der Waals surface area contributed by atoms with Gasteiger partial charge in [-0.25, -0.2) is 22.0 Å². The molecule has 2 atom stereocenters. The van der Waals surface area contributed by atoms with Gasteiger partial charge >= 0.3 is 0 Å². The Kier molecular flexibility index (Phi) is 5.64. The molecule has 26 heavy (non-hydrogen) atoms. The molecule has 0 saturated carbocycles. The fourth-order valence-electron chi connectivity index (χ4n) is 2.63. The zero-order valence-electron chi connectivity index (χ0n) is 14.7. The standard InChI is InChI=1S/C18H19F5NOP/c1-10(12-13(19)15(21)17(23)16(22)14(12)20)24-26(25,18(2,3)4)11-8-6-5-7-9-11/h5-10H,1-4H3,(H,24,25)/t10-,26+/m1/s1. The van der Waals surface area contributed by atoms with Crippen LogP contribution in [0.5, 0.6) is 0 Å². The highest BCUT2D eigenvalue weighted by atomic mass is 31.2. The van der Waals surface area contributed by atoms with Crippen LogP contribution in [0.3, 0.4) is 0 Å². The number of halogens is 5. The normalized spacial score (nSPS) is 15.6. The molecule has 2 aromatic rings. The van der Waals surface area contributed by atoms with E-state index in [0.29, 0.717) is 5.30 Å². The third kappa shape index (κ3) is 3.42. The Hall–Kier alpha value is -1.72. The van der Waals surface area contributed by atoms with Crippen LogP contribution >= 0.6 is 7.29 Å². The molecule has 2 aromatic carbocycles. The predicted molar refractivity (Wildman–Crippen MR) is 91.2 cm³/mol. The predicted octanol–water partition coefficient (Wildman–Crippen LogP) is 5.43. The van der Waals surface area contributed by atoms with Crippen molar-refractivity contribution in [1.82, 2.24) is 5.09 Å². The molecule has 0 aliphatic carbocycles. The Balaban J connectivity index is 2.58. The maximum absolute atomic E-state index is 14.1. The van der Waals surface area contributed by atoms with Gasteiger partial charge in [-0.2, -0.15) is 0 Å². The lowest BCUT2D eigenvalue weighted by molar-refractivity contribution is 0.363. The van der Waals surface area contributed by atoms with Crippen LogP contribution in [0.4, 0.5) is 22.0 Å². The van der Waals surface area contributed by atoms with E-state index in [1.165, 1.54) is 6.92 Å². The fraction of sp³-hybridized carbons (Fsp3) is 0.333. The Morgan fingerprint density at radius 3 is 1.69 bits per heavy atom. The van der Waals surface area contributed by atoms with Gasteiger partial charge < -0.3 is 4.57 Å². The van der Waals surface area contributed by atoms with Gasteiger partial charge in [0.15, 0.2) is 30.6 Å². The summed E-state index contributed by atoms with van der Waals surface area (Å²) in [6.45, 7) is 6.21. The molecule has 0 bridgehead atoms. The lowest BCUT2D eigenvalue weighted by Gasteiger charge is -2.35. The molecule has 0 saturated heterocycles. The molecular weight excluding hydrogens is 372 g/mol. The van der Waals surface area contributed by atoms with E-state index in [9.17, 15) is 26.5 Å². The van der Waals surface area contributed by atoms with Gasteiger partial charge in [0.25, 0.3) is 0 Å². The van der Waals surface area contributed by atoms with E-state index < -0.39 is 53.1 Å². The van der Waals surface area contributed by atoms with Crippen LogP contribution in [-0.2, 0) is 4.57 Å². The fourth-order valence-corrected chi connectivity index (χ4v) is 5.21. The summed E-state index contributed by atoms with van der Waals surface area (Å²) in [5.74, 6) is -10.2. The van der Waals surface area contributed by atoms with Gasteiger partial charge in [0, 0.05) is 22.1 Å². The molecule has 2 nitrogen and oxygen atoms in total. The largest absolute Gasteiger partial charge is 0.301 e. The van der Waals surface area contributed by atoms with E-state index in [2.05, 4.69) is 5.09 Å². The Morgan fingerprint density at radius 2 is 1.27 bits per heavy atom. The molecule has 0 fully saturated rings. The number of hydrogen-bond acceptors (Lipinski definition) is 1. The summed E-state index contributed by atoms with van der Waals surface area (Å²) < 4.78 is 82.1. The zero-order chi connectivity index (χ0) is 19.9. The van der Waals surface area contributed by atoms with Crippen LogP contribution in [0.15, 0.2) is 30.3 Å². The molecule has 0 heterocycles. The van der Waals surface area contributed by atoms with Crippen molar-refractivity contribution in [1.29, 1.82) is 0 Å². The topological polar surface area (TPSA) is 29.1 Å². The van der Waals surface area contributed by atoms with E-state index in [-0.39, 0.29) is 0 Å². The first-order valence-electron chi connectivity index (χ1n) is 7.86. The molecular formula is C18H19F5NOP. The van der Waals surface area contributed by atoms with Gasteiger partial charge in [0.2, 0.25) is 5.82 Å². The highest BCUT2D eigenvalue weighted by Gasteiger charge is 2.41. The smallest absolute Gasteiger partial charge is 0.200 e. The van der Waals surface area contributed by atoms with Crippen LogP contribution in [-0.4, -0.2) is 5.16 Å². The van der Waals surface area contributed by atoms with E-state index in [1.807, 2.05) is 0 Å². The van der Waals surface area contributed by atoms with Crippen molar-refractivity contribution in [2.45, 2.75) is 38.9 Å². The van der Waals surface area contributed by atoms with Crippen molar-refractivity contribution in [3.05, 3.63) is 65.0 Å². The summed E-state index contributed by atoms with van der Waals surface area (Å²) in [4.78, 5) is 0. The van der Waals surface area contributed by atoms with Gasteiger partial charge in [0.1, 0.15) is 0 Å². The van der Waals surface area contributed by atoms with E-state index in [1.54, 1.807) is 51.1 Å². The minimum atomic E-state index is -3.48. The minimum absolute atomic E-state index is 0.392. The maximum Gasteiger partial charge on any atom is 0.200 e. The Morgan fingerprint density at radius 1 is 0.846 bits per heavy atom. The van der Waals surface area contributed by atoms with Crippen LogP contribution in [0.25, 0.3) is 0 Å². The monoisotopic (exact) mass is 391 g/mol. The van der Waals surface area contributed by atoms with Crippen molar-refractivity contribution in [3.8, 4) is 0 Å². The Bertz CT molecular complexity index is 835. The van der Waals surface area contributed by atoms with Crippen LogP contribution in [0.1, 0.15) is 39.3 Å². The molecule has 142 valence electrons. The summed E-state index contributed by atoms with van der Waals surface area (Å²) in [5, 5.41) is 2.16. The molecule has 0 aromatic heterocycles. The van der Waals surface area contributed by atoms with Crippen molar-refractivity contribution < 1.29 is 26.5 Å². The van der Waals surface area contributed by atoms with Crippen LogP contribution in [0, 0.1) is 29.1 Å². The quantitative estimate of drug-likeness (QED) is 0.326. The van der Waals surface area contributed by atoms with Crippen molar-refractivity contribution in [2.75, 3.05) is 0 Å². The Labute approximate surface area is 148 Å². The first kappa shape index (κ1) is 20.6. The second kappa shape index (κ2) is 7.12. The van der Waals surface area contributed by atoms with Gasteiger partial charge in [-0.05, 0) is 6.92 Å². The summed E-state index contributed by atoms with van der Waals surface area (Å²) in [6, 6.07) is 6.81. The van der Waals surface area contributed by atoms with Gasteiger partial charge in [0.05, 0.1) is 0 Å². The third-order valence-electron chi connectivity index (χ3n) is 4.12. The molecule has 0 aliphatic heterocycles. The molecule has 8 heteroatoms. The average molecular weight is 391 g/mol. The number of nitrogens with one attached hydrogen (secondary N) is 1. The minimum Gasteiger partial charge on any atom is -0.301 e. The first-order chi connectivity index (χ1) is 11.9. The maximum atomic E-state index is 14.1. The van der Waals surface area contributed by atoms with E-state index in [4.69, 9.17) is 0 Å². The van der Waals surface area contributed by atoms with Gasteiger partial charge in [-0.1, -0.05) is 51.1 Å². The third-order valence-corrected chi connectivity index (χ3v) is 7.78. The lowest BCUT2D eigenvalue weighted by Crippen LogP contribution is -2.34. The highest BCUT2D eigenvalue weighted by molar-refractivity contribution is 7.71. The van der Waals surface area contributed by atoms with Gasteiger partial charge in [-0.15, -0.1) is 0 Å². The summed E-state index contributed by atoms with van der Waals surface area (Å²) in [7, 11) is -3.48. The molecule has 0 aliphatic rings. The molecule has 2 rings (SSSR count). The van der Waals surface area contributed by atoms with E-state index in [0.717, 1.165) is 0 Å². The first-order valence-corrected chi connectivity index (χ1v) is 9.57. The SMILES string of the molecule is C[C@@H](N[P@](=O)(c1ccccc1)C(C)(C)C)c1c(F)c(F)c(F)c(F)c1F. The van der Waals surface area contributed by atoms with Crippen LogP contribution in [0.2, 0.25) is 0 Å². The van der Waals surface area contributed by atoms with E-state index >= 15 is 0 Å². The average Bonchev–Trinajstić information content (AvgIpc) is 2.58. The van der Waals surface area contributed by atoms with Crippen molar-refractivity contribution in [3.63, 3.8) is 0 Å². The molecule has 1 N–H and O–H groups in total. The molecule has 0 amide bonds.